The van der Waals surface area contributed by atoms with Crippen LogP contribution in [0.15, 0.2) is 48.5 Å². The topological polar surface area (TPSA) is 26.8 Å². The van der Waals surface area contributed by atoms with E-state index in [1.165, 1.54) is 23.3 Å². The maximum absolute atomic E-state index is 13.0. The highest BCUT2D eigenvalue weighted by molar-refractivity contribution is 5.83. The first kappa shape index (κ1) is 25.3. The van der Waals surface area contributed by atoms with Gasteiger partial charge in [-0.15, -0.1) is 0 Å². The fourth-order valence-corrected chi connectivity index (χ4v) is 6.11. The van der Waals surface area contributed by atoms with E-state index in [4.69, 9.17) is 0 Å². The van der Waals surface area contributed by atoms with Gasteiger partial charge in [-0.1, -0.05) is 30.3 Å². The number of hydrogen-bond donors (Lipinski definition) is 0. The van der Waals surface area contributed by atoms with Crippen LogP contribution in [0.3, 0.4) is 0 Å². The van der Waals surface area contributed by atoms with Gasteiger partial charge < -0.3 is 4.90 Å². The molecule has 3 aliphatic rings. The van der Waals surface area contributed by atoms with E-state index in [9.17, 15) is 18.0 Å². The summed E-state index contributed by atoms with van der Waals surface area (Å²) in [5, 5.41) is 0. The molecule has 0 aromatic heterocycles. The minimum absolute atomic E-state index is 0.209. The molecule has 2 heterocycles. The molecule has 0 bridgehead atoms. The first-order chi connectivity index (χ1) is 17.3. The van der Waals surface area contributed by atoms with Crippen molar-refractivity contribution in [1.29, 1.82) is 0 Å². The molecular formula is C29H36F3N3O. The van der Waals surface area contributed by atoms with Gasteiger partial charge in [0.2, 0.25) is 0 Å². The number of Topliss-reactive ketones (excluding diaryl/α,β-unsaturated/α-hetero) is 1. The Bertz CT molecular complexity index is 1020. The van der Waals surface area contributed by atoms with Gasteiger partial charge in [0.05, 0.1) is 12.1 Å². The average molecular weight is 500 g/mol. The Balaban J connectivity index is 1.00. The van der Waals surface area contributed by atoms with E-state index in [0.717, 1.165) is 84.0 Å². The summed E-state index contributed by atoms with van der Waals surface area (Å²) in [6.07, 6.45) is 1.11. The molecule has 2 aromatic carbocycles. The summed E-state index contributed by atoms with van der Waals surface area (Å²) < 4.78 is 39.1. The second kappa shape index (κ2) is 10.9. The fourth-order valence-electron chi connectivity index (χ4n) is 6.11. The van der Waals surface area contributed by atoms with Crippen molar-refractivity contribution in [1.82, 2.24) is 9.80 Å². The van der Waals surface area contributed by atoms with Crippen molar-refractivity contribution in [2.45, 2.75) is 51.4 Å². The van der Waals surface area contributed by atoms with Crippen molar-refractivity contribution < 1.29 is 18.0 Å². The molecule has 2 aromatic rings. The number of piperazine rings is 1. The van der Waals surface area contributed by atoms with Crippen LogP contribution < -0.4 is 4.90 Å². The van der Waals surface area contributed by atoms with Crippen LogP contribution in [-0.2, 0) is 24.1 Å². The normalized spacial score (nSPS) is 23.6. The summed E-state index contributed by atoms with van der Waals surface area (Å²) in [7, 11) is 0. The van der Waals surface area contributed by atoms with Gasteiger partial charge >= 0.3 is 6.18 Å². The third kappa shape index (κ3) is 6.12. The van der Waals surface area contributed by atoms with E-state index in [1.807, 2.05) is 0 Å². The molecule has 4 nitrogen and oxygen atoms in total. The molecule has 5 rings (SSSR count). The number of rotatable bonds is 7. The molecule has 194 valence electrons. The van der Waals surface area contributed by atoms with Crippen LogP contribution in [0, 0.1) is 11.8 Å². The second-order valence-electron chi connectivity index (χ2n) is 10.8. The molecule has 1 aliphatic carbocycles. The molecule has 1 saturated heterocycles. The van der Waals surface area contributed by atoms with Crippen molar-refractivity contribution in [3.8, 4) is 0 Å². The van der Waals surface area contributed by atoms with E-state index in [1.54, 1.807) is 6.07 Å². The molecule has 36 heavy (non-hydrogen) atoms. The number of nitrogens with zero attached hydrogens (tertiary/aromatic N) is 3. The minimum Gasteiger partial charge on any atom is -0.369 e. The van der Waals surface area contributed by atoms with Crippen molar-refractivity contribution in [3.05, 3.63) is 65.2 Å². The molecule has 0 amide bonds. The average Bonchev–Trinajstić information content (AvgIpc) is 3.30. The zero-order valence-electron chi connectivity index (χ0n) is 20.8. The summed E-state index contributed by atoms with van der Waals surface area (Å²) in [6.45, 7) is 6.64. The number of fused-ring (bicyclic) bond motifs is 1. The number of hydrogen-bond acceptors (Lipinski definition) is 4. The van der Waals surface area contributed by atoms with Gasteiger partial charge in [-0.25, -0.2) is 0 Å². The summed E-state index contributed by atoms with van der Waals surface area (Å²) in [4.78, 5) is 19.7. The zero-order chi connectivity index (χ0) is 25.1. The number of halogens is 3. The number of benzene rings is 2. The molecule has 0 unspecified atom stereocenters. The number of alkyl halides is 3. The lowest BCUT2D eigenvalue weighted by molar-refractivity contribution is -0.137. The highest BCUT2D eigenvalue weighted by atomic mass is 19.4. The second-order valence-corrected chi connectivity index (χ2v) is 10.8. The summed E-state index contributed by atoms with van der Waals surface area (Å²) >= 11 is 0. The van der Waals surface area contributed by atoms with E-state index < -0.39 is 11.7 Å². The number of ketones is 1. The van der Waals surface area contributed by atoms with Gasteiger partial charge in [0.15, 0.2) is 0 Å². The maximum Gasteiger partial charge on any atom is 0.416 e. The first-order valence-corrected chi connectivity index (χ1v) is 13.3. The molecule has 0 spiro atoms. The minimum atomic E-state index is -4.30. The van der Waals surface area contributed by atoms with E-state index >= 15 is 0 Å². The van der Waals surface area contributed by atoms with Gasteiger partial charge in [0.1, 0.15) is 5.78 Å². The highest BCUT2D eigenvalue weighted by Gasteiger charge is 2.32. The molecule has 0 atom stereocenters. The van der Waals surface area contributed by atoms with E-state index in [-0.39, 0.29) is 5.92 Å². The van der Waals surface area contributed by atoms with Crippen molar-refractivity contribution in [2.24, 2.45) is 11.8 Å². The highest BCUT2D eigenvalue weighted by Crippen LogP contribution is 2.34. The Morgan fingerprint density at radius 1 is 0.833 bits per heavy atom. The quantitative estimate of drug-likeness (QED) is 0.495. The van der Waals surface area contributed by atoms with Gasteiger partial charge in [0, 0.05) is 50.9 Å². The smallest absolute Gasteiger partial charge is 0.369 e. The Morgan fingerprint density at radius 2 is 1.50 bits per heavy atom. The Hall–Kier alpha value is -2.38. The SMILES string of the molecule is O=C(CN1Cc2ccccc2C1)C1CCC(CCN2CCN(c3cccc(C(F)(F)F)c3)CC2)CC1. The summed E-state index contributed by atoms with van der Waals surface area (Å²) in [6, 6.07) is 14.1. The molecule has 0 N–H and O–H groups in total. The predicted octanol–water partition coefficient (Wildman–Crippen LogP) is 5.61. The van der Waals surface area contributed by atoms with Crippen LogP contribution in [0.25, 0.3) is 0 Å². The van der Waals surface area contributed by atoms with Crippen LogP contribution in [-0.4, -0.2) is 54.9 Å². The van der Waals surface area contributed by atoms with Crippen LogP contribution in [0.1, 0.15) is 48.8 Å². The van der Waals surface area contributed by atoms with Gasteiger partial charge in [-0.3, -0.25) is 14.6 Å². The Kier molecular flexibility index (Phi) is 7.68. The fraction of sp³-hybridized carbons (Fsp3) is 0.552. The summed E-state index contributed by atoms with van der Waals surface area (Å²) in [5.74, 6) is 1.29. The molecule has 2 aliphatic heterocycles. The number of carbonyl (C=O) groups is 1. The lowest BCUT2D eigenvalue weighted by Gasteiger charge is -2.37. The van der Waals surface area contributed by atoms with Gasteiger partial charge in [-0.2, -0.15) is 13.2 Å². The van der Waals surface area contributed by atoms with Crippen LogP contribution in [0.2, 0.25) is 0 Å². The predicted molar refractivity (Wildman–Crippen MR) is 136 cm³/mol. The largest absolute Gasteiger partial charge is 0.416 e. The Labute approximate surface area is 212 Å². The summed E-state index contributed by atoms with van der Waals surface area (Å²) in [5.41, 5.74) is 2.78. The Morgan fingerprint density at radius 3 is 2.14 bits per heavy atom. The third-order valence-corrected chi connectivity index (χ3v) is 8.35. The molecule has 1 saturated carbocycles. The molecular weight excluding hydrogens is 463 g/mol. The van der Waals surface area contributed by atoms with Crippen molar-refractivity contribution in [2.75, 3.05) is 44.2 Å². The van der Waals surface area contributed by atoms with E-state index in [0.29, 0.717) is 23.9 Å². The third-order valence-electron chi connectivity index (χ3n) is 8.35. The maximum atomic E-state index is 13.0. The zero-order valence-corrected chi connectivity index (χ0v) is 20.8. The number of anilines is 1. The van der Waals surface area contributed by atoms with E-state index in [2.05, 4.69) is 39.0 Å². The van der Waals surface area contributed by atoms with Crippen molar-refractivity contribution >= 4 is 11.5 Å². The van der Waals surface area contributed by atoms with Crippen molar-refractivity contribution in [3.63, 3.8) is 0 Å². The van der Waals surface area contributed by atoms with Gasteiger partial charge in [0.25, 0.3) is 0 Å². The monoisotopic (exact) mass is 499 g/mol. The molecule has 2 fully saturated rings. The van der Waals surface area contributed by atoms with Gasteiger partial charge in [-0.05, 0) is 73.9 Å². The lowest BCUT2D eigenvalue weighted by atomic mass is 9.78. The molecule has 7 heteroatoms. The van der Waals surface area contributed by atoms with Crippen LogP contribution in [0.5, 0.6) is 0 Å². The molecule has 0 radical (unpaired) electrons. The van der Waals surface area contributed by atoms with Crippen LogP contribution >= 0.6 is 0 Å². The van der Waals surface area contributed by atoms with Crippen LogP contribution in [0.4, 0.5) is 18.9 Å². The first-order valence-electron chi connectivity index (χ1n) is 13.3. The lowest BCUT2D eigenvalue weighted by Crippen LogP contribution is -2.47. The number of carbonyl (C=O) groups excluding carboxylic acids is 1. The standard InChI is InChI=1S/C29H36F3N3O/c30-29(31,32)26-6-3-7-27(18-26)35-16-14-33(15-17-35)13-12-22-8-10-23(11-9-22)28(36)21-34-19-24-4-1-2-5-25(24)20-34/h1-7,18,22-23H,8-17,19-21H2.